The summed E-state index contributed by atoms with van der Waals surface area (Å²) in [4.78, 5) is 29.7. The van der Waals surface area contributed by atoms with Crippen molar-refractivity contribution < 1.29 is 19.1 Å². The van der Waals surface area contributed by atoms with Gasteiger partial charge in [-0.15, -0.1) is 0 Å². The molecule has 0 unspecified atom stereocenters. The van der Waals surface area contributed by atoms with Gasteiger partial charge in [-0.1, -0.05) is 23.8 Å². The van der Waals surface area contributed by atoms with E-state index in [4.69, 9.17) is 21.1 Å². The molecule has 2 aliphatic rings. The standard InChI is InChI=1S/C22H29ClN2O4/c1-28-14-13-24-10-4-3-5-18(21(24)26)16-8-11-25(12-9-16)22(27)19-15-17(23)6-7-20(19)29-2/h3-4,6-7,15-16,18H,5,8-14H2,1-2H3/t18-/m0/s1. The molecule has 1 aromatic carbocycles. The number of benzene rings is 1. The van der Waals surface area contributed by atoms with Crippen molar-refractivity contribution in [3.8, 4) is 5.75 Å². The molecule has 158 valence electrons. The average Bonchev–Trinajstić information content (AvgIpc) is 2.93. The van der Waals surface area contributed by atoms with Crippen LogP contribution in [-0.4, -0.2) is 68.6 Å². The highest BCUT2D eigenvalue weighted by molar-refractivity contribution is 6.31. The van der Waals surface area contributed by atoms with Crippen LogP contribution in [0.3, 0.4) is 0 Å². The van der Waals surface area contributed by atoms with Crippen LogP contribution in [0.15, 0.2) is 30.4 Å². The third kappa shape index (κ3) is 5.11. The summed E-state index contributed by atoms with van der Waals surface area (Å²) in [6.45, 7) is 3.06. The van der Waals surface area contributed by atoms with Gasteiger partial charge in [0.25, 0.3) is 5.91 Å². The molecule has 0 radical (unpaired) electrons. The highest BCUT2D eigenvalue weighted by atomic mass is 35.5. The molecule has 1 fully saturated rings. The number of ether oxygens (including phenoxy) is 2. The predicted molar refractivity (Wildman–Crippen MR) is 112 cm³/mol. The SMILES string of the molecule is COCCN1CC=CC[C@@H](C2CCN(C(=O)c3cc(Cl)ccc3OC)CC2)C1=O. The maximum atomic E-state index is 13.0. The zero-order valence-corrected chi connectivity index (χ0v) is 17.9. The number of methoxy groups -OCH3 is 2. The molecule has 0 aliphatic carbocycles. The van der Waals surface area contributed by atoms with Gasteiger partial charge in [0.2, 0.25) is 5.91 Å². The average molecular weight is 421 g/mol. The molecule has 0 aromatic heterocycles. The fraction of sp³-hybridized carbons (Fsp3) is 0.545. The fourth-order valence-electron chi connectivity index (χ4n) is 4.19. The second kappa shape index (κ2) is 10.1. The van der Waals surface area contributed by atoms with Crippen LogP contribution in [0.2, 0.25) is 5.02 Å². The lowest BCUT2D eigenvalue weighted by Crippen LogP contribution is -2.44. The van der Waals surface area contributed by atoms with E-state index >= 15 is 0 Å². The number of carbonyl (C=O) groups is 2. The largest absolute Gasteiger partial charge is 0.496 e. The summed E-state index contributed by atoms with van der Waals surface area (Å²) < 4.78 is 10.5. The number of hydrogen-bond acceptors (Lipinski definition) is 4. The maximum absolute atomic E-state index is 13.0. The molecule has 6 nitrogen and oxygen atoms in total. The molecule has 1 aromatic rings. The summed E-state index contributed by atoms with van der Waals surface area (Å²) >= 11 is 6.08. The van der Waals surface area contributed by atoms with E-state index in [9.17, 15) is 9.59 Å². The lowest BCUT2D eigenvalue weighted by atomic mass is 9.81. The van der Waals surface area contributed by atoms with Crippen LogP contribution in [0.1, 0.15) is 29.6 Å². The zero-order chi connectivity index (χ0) is 20.8. The Morgan fingerprint density at radius 3 is 2.66 bits per heavy atom. The lowest BCUT2D eigenvalue weighted by molar-refractivity contribution is -0.137. The zero-order valence-electron chi connectivity index (χ0n) is 17.1. The Morgan fingerprint density at radius 1 is 1.21 bits per heavy atom. The van der Waals surface area contributed by atoms with Gasteiger partial charge in [0.1, 0.15) is 5.75 Å². The maximum Gasteiger partial charge on any atom is 0.257 e. The number of halogens is 1. The van der Waals surface area contributed by atoms with Crippen LogP contribution in [0.25, 0.3) is 0 Å². The van der Waals surface area contributed by atoms with Crippen LogP contribution in [-0.2, 0) is 9.53 Å². The molecule has 7 heteroatoms. The smallest absolute Gasteiger partial charge is 0.257 e. The molecule has 2 heterocycles. The molecule has 0 bridgehead atoms. The molecular formula is C22H29ClN2O4. The van der Waals surface area contributed by atoms with Gasteiger partial charge in [-0.05, 0) is 43.4 Å². The molecule has 0 spiro atoms. The van der Waals surface area contributed by atoms with Crippen molar-refractivity contribution >= 4 is 23.4 Å². The van der Waals surface area contributed by atoms with Crippen molar-refractivity contribution in [2.45, 2.75) is 19.3 Å². The summed E-state index contributed by atoms with van der Waals surface area (Å²) in [7, 11) is 3.20. The molecular weight excluding hydrogens is 392 g/mol. The Bertz CT molecular complexity index is 759. The third-order valence-electron chi connectivity index (χ3n) is 5.86. The molecule has 1 atom stereocenters. The summed E-state index contributed by atoms with van der Waals surface area (Å²) in [5, 5.41) is 0.510. The number of allylic oxidation sites excluding steroid dienone is 1. The van der Waals surface area contributed by atoms with Gasteiger partial charge in [-0.3, -0.25) is 9.59 Å². The van der Waals surface area contributed by atoms with Crippen molar-refractivity contribution in [2.75, 3.05) is 47.0 Å². The fourth-order valence-corrected chi connectivity index (χ4v) is 4.36. The first-order chi connectivity index (χ1) is 14.0. The first kappa shape index (κ1) is 21.7. The quantitative estimate of drug-likeness (QED) is 0.663. The van der Waals surface area contributed by atoms with E-state index in [1.165, 1.54) is 0 Å². The minimum absolute atomic E-state index is 0.0245. The van der Waals surface area contributed by atoms with Gasteiger partial charge in [-0.2, -0.15) is 0 Å². The number of likely N-dealkylation sites (tertiary alicyclic amines) is 1. The Kier molecular flexibility index (Phi) is 7.56. The predicted octanol–water partition coefficient (Wildman–Crippen LogP) is 3.25. The first-order valence-corrected chi connectivity index (χ1v) is 10.5. The van der Waals surface area contributed by atoms with E-state index in [1.54, 1.807) is 32.4 Å². The summed E-state index contributed by atoms with van der Waals surface area (Å²) in [5.41, 5.74) is 0.484. The van der Waals surface area contributed by atoms with Crippen LogP contribution in [0.5, 0.6) is 5.75 Å². The van der Waals surface area contributed by atoms with E-state index in [2.05, 4.69) is 12.2 Å². The van der Waals surface area contributed by atoms with Crippen molar-refractivity contribution in [3.05, 3.63) is 40.9 Å². The van der Waals surface area contributed by atoms with Crippen LogP contribution in [0, 0.1) is 11.8 Å². The molecule has 0 saturated carbocycles. The number of hydrogen-bond donors (Lipinski definition) is 0. The van der Waals surface area contributed by atoms with Crippen LogP contribution in [0.4, 0.5) is 0 Å². The topological polar surface area (TPSA) is 59.1 Å². The van der Waals surface area contributed by atoms with Crippen molar-refractivity contribution in [1.29, 1.82) is 0 Å². The molecule has 1 saturated heterocycles. The Labute approximate surface area is 177 Å². The van der Waals surface area contributed by atoms with E-state index < -0.39 is 0 Å². The summed E-state index contributed by atoms with van der Waals surface area (Å²) in [5.74, 6) is 0.911. The Hall–Kier alpha value is -2.05. The van der Waals surface area contributed by atoms with Crippen molar-refractivity contribution in [1.82, 2.24) is 9.80 Å². The van der Waals surface area contributed by atoms with Gasteiger partial charge >= 0.3 is 0 Å². The minimum Gasteiger partial charge on any atom is -0.496 e. The van der Waals surface area contributed by atoms with E-state index in [1.807, 2.05) is 9.80 Å². The molecule has 29 heavy (non-hydrogen) atoms. The normalized spacial score (nSPS) is 20.7. The van der Waals surface area contributed by atoms with Crippen molar-refractivity contribution in [3.63, 3.8) is 0 Å². The third-order valence-corrected chi connectivity index (χ3v) is 6.10. The molecule has 2 amide bonds. The van der Waals surface area contributed by atoms with Gasteiger partial charge in [0, 0.05) is 44.2 Å². The minimum atomic E-state index is -0.0726. The van der Waals surface area contributed by atoms with Gasteiger partial charge in [-0.25, -0.2) is 0 Å². The number of nitrogens with zero attached hydrogens (tertiary/aromatic N) is 2. The van der Waals surface area contributed by atoms with Crippen LogP contribution < -0.4 is 4.74 Å². The lowest BCUT2D eigenvalue weighted by Gasteiger charge is -2.36. The van der Waals surface area contributed by atoms with Crippen LogP contribution >= 0.6 is 11.6 Å². The number of carbonyl (C=O) groups excluding carboxylic acids is 2. The Balaban J connectivity index is 1.64. The highest BCUT2D eigenvalue weighted by Crippen LogP contribution is 2.32. The summed E-state index contributed by atoms with van der Waals surface area (Å²) in [6.07, 6.45) is 6.58. The molecule has 3 rings (SSSR count). The number of rotatable bonds is 6. The summed E-state index contributed by atoms with van der Waals surface area (Å²) in [6, 6.07) is 5.08. The van der Waals surface area contributed by atoms with E-state index in [0.29, 0.717) is 49.1 Å². The monoisotopic (exact) mass is 420 g/mol. The van der Waals surface area contributed by atoms with E-state index in [0.717, 1.165) is 19.3 Å². The van der Waals surface area contributed by atoms with Gasteiger partial charge in [0.15, 0.2) is 0 Å². The number of amides is 2. The second-order valence-electron chi connectivity index (χ2n) is 7.56. The number of piperidine rings is 1. The van der Waals surface area contributed by atoms with Gasteiger partial charge in [0.05, 0.1) is 19.3 Å². The molecule has 0 N–H and O–H groups in total. The molecule has 2 aliphatic heterocycles. The highest BCUT2D eigenvalue weighted by Gasteiger charge is 2.35. The Morgan fingerprint density at radius 2 is 1.97 bits per heavy atom. The van der Waals surface area contributed by atoms with E-state index in [-0.39, 0.29) is 23.7 Å². The second-order valence-corrected chi connectivity index (χ2v) is 8.00. The van der Waals surface area contributed by atoms with Crippen molar-refractivity contribution in [2.24, 2.45) is 11.8 Å². The van der Waals surface area contributed by atoms with Gasteiger partial charge < -0.3 is 19.3 Å². The first-order valence-electron chi connectivity index (χ1n) is 10.1.